The molecule has 0 radical (unpaired) electrons. The minimum absolute atomic E-state index is 0.205. The predicted molar refractivity (Wildman–Crippen MR) is 79.5 cm³/mol. The van der Waals surface area contributed by atoms with Gasteiger partial charge in [0.05, 0.1) is 15.9 Å². The summed E-state index contributed by atoms with van der Waals surface area (Å²) in [6.45, 7) is 1.59. The van der Waals surface area contributed by atoms with E-state index < -0.39 is 10.0 Å². The Morgan fingerprint density at radius 2 is 1.86 bits per heavy atom. The van der Waals surface area contributed by atoms with Crippen molar-refractivity contribution < 1.29 is 8.42 Å². The molecule has 1 aromatic heterocycles. The fourth-order valence-electron chi connectivity index (χ4n) is 2.71. The van der Waals surface area contributed by atoms with Gasteiger partial charge < -0.3 is 15.7 Å². The summed E-state index contributed by atoms with van der Waals surface area (Å²) in [6.07, 6.45) is 1.58. The molecule has 2 aromatic rings. The van der Waals surface area contributed by atoms with E-state index in [0.29, 0.717) is 36.6 Å². The molecule has 0 spiro atoms. The van der Waals surface area contributed by atoms with Gasteiger partial charge in [0, 0.05) is 13.1 Å². The summed E-state index contributed by atoms with van der Waals surface area (Å²) < 4.78 is 26.7. The quantitative estimate of drug-likeness (QED) is 0.752. The molecule has 21 heavy (non-hydrogen) atoms. The lowest BCUT2D eigenvalue weighted by atomic mass is 9.99. The molecular weight excluding hydrogens is 292 g/mol. The number of nitrogens with zero attached hydrogens (tertiary/aromatic N) is 1. The maximum Gasteiger partial charge on any atom is 0.323 e. The van der Waals surface area contributed by atoms with E-state index in [1.165, 1.54) is 16.4 Å². The summed E-state index contributed by atoms with van der Waals surface area (Å²) in [5, 5.41) is 0. The van der Waals surface area contributed by atoms with Gasteiger partial charge in [-0.25, -0.2) is 13.2 Å². The molecule has 4 N–H and O–H groups in total. The van der Waals surface area contributed by atoms with Gasteiger partial charge in [0.25, 0.3) is 0 Å². The normalized spacial score (nSPS) is 18.3. The van der Waals surface area contributed by atoms with Crippen LogP contribution in [0.5, 0.6) is 0 Å². The fourth-order valence-corrected chi connectivity index (χ4v) is 4.20. The highest BCUT2D eigenvalue weighted by atomic mass is 32.2. The van der Waals surface area contributed by atoms with Gasteiger partial charge in [0.2, 0.25) is 10.0 Å². The summed E-state index contributed by atoms with van der Waals surface area (Å²) >= 11 is 0. The molecule has 7 nitrogen and oxygen atoms in total. The summed E-state index contributed by atoms with van der Waals surface area (Å²) in [5.74, 6) is 0.403. The van der Waals surface area contributed by atoms with Crippen LogP contribution in [-0.4, -0.2) is 42.3 Å². The zero-order valence-corrected chi connectivity index (χ0v) is 12.3. The first-order valence-electron chi connectivity index (χ1n) is 6.93. The Labute approximate surface area is 122 Å². The number of imidazole rings is 1. The van der Waals surface area contributed by atoms with E-state index in [1.54, 1.807) is 6.07 Å². The third-order valence-corrected chi connectivity index (χ3v) is 5.93. The second kappa shape index (κ2) is 5.28. The van der Waals surface area contributed by atoms with E-state index in [-0.39, 0.29) is 10.6 Å². The summed E-state index contributed by atoms with van der Waals surface area (Å²) in [6, 6.07) is 4.63. The number of hydrogen-bond donors (Lipinski definition) is 3. The van der Waals surface area contributed by atoms with Crippen LogP contribution in [0, 0.1) is 5.92 Å². The molecule has 1 saturated heterocycles. The number of nitrogens with one attached hydrogen (secondary N) is 2. The molecule has 2 heterocycles. The van der Waals surface area contributed by atoms with Crippen LogP contribution in [-0.2, 0) is 10.0 Å². The molecule has 1 fully saturated rings. The Hall–Kier alpha value is -1.64. The van der Waals surface area contributed by atoms with Crippen LogP contribution < -0.4 is 11.4 Å². The number of aromatic nitrogens is 2. The van der Waals surface area contributed by atoms with Gasteiger partial charge in [-0.15, -0.1) is 0 Å². The van der Waals surface area contributed by atoms with Crippen LogP contribution in [0.4, 0.5) is 0 Å². The van der Waals surface area contributed by atoms with E-state index in [0.717, 1.165) is 12.8 Å². The topological polar surface area (TPSA) is 112 Å². The lowest BCUT2D eigenvalue weighted by molar-refractivity contribution is 0.278. The summed E-state index contributed by atoms with van der Waals surface area (Å²) in [5.41, 5.74) is 6.38. The van der Waals surface area contributed by atoms with E-state index in [1.807, 2.05) is 0 Å². The summed E-state index contributed by atoms with van der Waals surface area (Å²) in [4.78, 5) is 16.6. The van der Waals surface area contributed by atoms with Crippen LogP contribution in [0.1, 0.15) is 12.8 Å². The van der Waals surface area contributed by atoms with Crippen LogP contribution in [0.2, 0.25) is 0 Å². The molecular formula is C13H18N4O3S. The molecule has 0 bridgehead atoms. The van der Waals surface area contributed by atoms with Crippen molar-refractivity contribution in [1.82, 2.24) is 14.3 Å². The highest BCUT2D eigenvalue weighted by molar-refractivity contribution is 7.89. The van der Waals surface area contributed by atoms with Gasteiger partial charge in [-0.2, -0.15) is 4.31 Å². The molecule has 0 aliphatic carbocycles. The van der Waals surface area contributed by atoms with E-state index >= 15 is 0 Å². The lowest BCUT2D eigenvalue weighted by Crippen LogP contribution is -2.39. The van der Waals surface area contributed by atoms with Crippen molar-refractivity contribution in [2.24, 2.45) is 11.7 Å². The zero-order chi connectivity index (χ0) is 15.0. The van der Waals surface area contributed by atoms with Gasteiger partial charge >= 0.3 is 5.69 Å². The highest BCUT2D eigenvalue weighted by Crippen LogP contribution is 2.24. The minimum Gasteiger partial charge on any atom is -0.330 e. The average Bonchev–Trinajstić information content (AvgIpc) is 2.86. The molecule has 0 amide bonds. The molecule has 3 rings (SSSR count). The van der Waals surface area contributed by atoms with Crippen LogP contribution in [0.25, 0.3) is 11.0 Å². The first kappa shape index (κ1) is 14.3. The standard InChI is InChI=1S/C13H18N4O3S/c14-8-9-3-5-17(6-4-9)21(19,20)10-1-2-11-12(7-10)16-13(18)15-11/h1-2,7,9H,3-6,8,14H2,(H2,15,16,18). The van der Waals surface area contributed by atoms with Crippen molar-refractivity contribution in [2.45, 2.75) is 17.7 Å². The number of hydrogen-bond acceptors (Lipinski definition) is 4. The number of nitrogens with two attached hydrogens (primary N) is 1. The smallest absolute Gasteiger partial charge is 0.323 e. The van der Waals surface area contributed by atoms with Crippen molar-refractivity contribution in [3.05, 3.63) is 28.7 Å². The van der Waals surface area contributed by atoms with Crippen molar-refractivity contribution in [1.29, 1.82) is 0 Å². The minimum atomic E-state index is -3.52. The van der Waals surface area contributed by atoms with E-state index in [9.17, 15) is 13.2 Å². The molecule has 1 aliphatic rings. The second-order valence-corrected chi connectivity index (χ2v) is 7.31. The van der Waals surface area contributed by atoms with Gasteiger partial charge in [-0.1, -0.05) is 0 Å². The van der Waals surface area contributed by atoms with Crippen LogP contribution >= 0.6 is 0 Å². The number of H-pyrrole nitrogens is 2. The van der Waals surface area contributed by atoms with Crippen molar-refractivity contribution >= 4 is 21.1 Å². The molecule has 8 heteroatoms. The average molecular weight is 310 g/mol. The maximum atomic E-state index is 12.6. The second-order valence-electron chi connectivity index (χ2n) is 5.37. The summed E-state index contributed by atoms with van der Waals surface area (Å²) in [7, 11) is -3.52. The number of piperidine rings is 1. The number of sulfonamides is 1. The monoisotopic (exact) mass is 310 g/mol. The maximum absolute atomic E-state index is 12.6. The Morgan fingerprint density at radius 1 is 1.19 bits per heavy atom. The third kappa shape index (κ3) is 2.61. The Balaban J connectivity index is 1.91. The molecule has 0 saturated carbocycles. The SMILES string of the molecule is NCC1CCN(S(=O)(=O)c2ccc3[nH]c(=O)[nH]c3c2)CC1. The largest absolute Gasteiger partial charge is 0.330 e. The Kier molecular flexibility index (Phi) is 3.60. The zero-order valence-electron chi connectivity index (χ0n) is 11.5. The first-order valence-corrected chi connectivity index (χ1v) is 8.37. The van der Waals surface area contributed by atoms with Crippen molar-refractivity contribution in [2.75, 3.05) is 19.6 Å². The number of benzene rings is 1. The molecule has 114 valence electrons. The van der Waals surface area contributed by atoms with Gasteiger partial charge in [-0.3, -0.25) is 0 Å². The third-order valence-electron chi connectivity index (χ3n) is 4.03. The molecule has 0 atom stereocenters. The van der Waals surface area contributed by atoms with Gasteiger partial charge in [0.1, 0.15) is 0 Å². The number of fused-ring (bicyclic) bond motifs is 1. The Bertz CT molecular complexity index is 800. The van der Waals surface area contributed by atoms with E-state index in [2.05, 4.69) is 9.97 Å². The highest BCUT2D eigenvalue weighted by Gasteiger charge is 2.29. The molecule has 1 aromatic carbocycles. The number of rotatable bonds is 3. The lowest BCUT2D eigenvalue weighted by Gasteiger charge is -2.30. The fraction of sp³-hybridized carbons (Fsp3) is 0.462. The molecule has 1 aliphatic heterocycles. The van der Waals surface area contributed by atoms with Crippen molar-refractivity contribution in [3.63, 3.8) is 0 Å². The predicted octanol–water partition coefficient (Wildman–Crippen LogP) is 0.216. The Morgan fingerprint density at radius 3 is 2.52 bits per heavy atom. The molecule has 0 unspecified atom stereocenters. The van der Waals surface area contributed by atoms with E-state index in [4.69, 9.17) is 5.73 Å². The number of aromatic amines is 2. The first-order chi connectivity index (χ1) is 10.0. The van der Waals surface area contributed by atoms with Crippen molar-refractivity contribution in [3.8, 4) is 0 Å². The van der Waals surface area contributed by atoms with Gasteiger partial charge in [0.15, 0.2) is 0 Å². The van der Waals surface area contributed by atoms with Gasteiger partial charge in [-0.05, 0) is 43.5 Å². The van der Waals surface area contributed by atoms with Crippen LogP contribution in [0.3, 0.4) is 0 Å². The van der Waals surface area contributed by atoms with Crippen LogP contribution in [0.15, 0.2) is 27.9 Å².